The monoisotopic (exact) mass is 372 g/mol. The SMILES string of the molecule is Cc1cc(CC(=O)Nc2cc(C3CCC(=C=O)C3)nn2C(C)(C)C)sn1. The molecule has 0 aromatic carbocycles. The molecule has 0 aliphatic heterocycles. The van der Waals surface area contributed by atoms with Gasteiger partial charge < -0.3 is 5.32 Å². The lowest BCUT2D eigenvalue weighted by atomic mass is 10.0. The number of hydrogen-bond donors (Lipinski definition) is 1. The van der Waals surface area contributed by atoms with E-state index in [1.54, 1.807) is 0 Å². The van der Waals surface area contributed by atoms with Crippen LogP contribution in [-0.4, -0.2) is 26.0 Å². The highest BCUT2D eigenvalue weighted by atomic mass is 32.1. The van der Waals surface area contributed by atoms with E-state index in [0.717, 1.165) is 34.7 Å². The van der Waals surface area contributed by atoms with Gasteiger partial charge in [0.1, 0.15) is 11.8 Å². The number of carbonyl (C=O) groups excluding carboxylic acids is 2. The van der Waals surface area contributed by atoms with Crippen LogP contribution in [0.4, 0.5) is 5.82 Å². The molecule has 1 aliphatic rings. The fourth-order valence-corrected chi connectivity index (χ4v) is 3.97. The number of carbonyl (C=O) groups is 1. The summed E-state index contributed by atoms with van der Waals surface area (Å²) < 4.78 is 6.08. The van der Waals surface area contributed by atoms with Crippen molar-refractivity contribution >= 4 is 29.2 Å². The van der Waals surface area contributed by atoms with Gasteiger partial charge in [-0.1, -0.05) is 0 Å². The van der Waals surface area contributed by atoms with Gasteiger partial charge in [0.2, 0.25) is 5.91 Å². The van der Waals surface area contributed by atoms with Crippen LogP contribution in [0, 0.1) is 6.92 Å². The molecule has 6 nitrogen and oxygen atoms in total. The first-order valence-electron chi connectivity index (χ1n) is 8.81. The van der Waals surface area contributed by atoms with E-state index < -0.39 is 0 Å². The van der Waals surface area contributed by atoms with E-state index in [1.165, 1.54) is 11.5 Å². The third-order valence-corrected chi connectivity index (χ3v) is 5.37. The summed E-state index contributed by atoms with van der Waals surface area (Å²) in [7, 11) is 0. The van der Waals surface area contributed by atoms with Gasteiger partial charge in [-0.3, -0.25) is 4.79 Å². The van der Waals surface area contributed by atoms with Crippen LogP contribution in [0.2, 0.25) is 0 Å². The smallest absolute Gasteiger partial charge is 0.230 e. The Labute approximate surface area is 157 Å². The maximum Gasteiger partial charge on any atom is 0.230 e. The van der Waals surface area contributed by atoms with Gasteiger partial charge >= 0.3 is 0 Å². The first-order chi connectivity index (χ1) is 12.3. The van der Waals surface area contributed by atoms with Crippen molar-refractivity contribution in [3.63, 3.8) is 0 Å². The van der Waals surface area contributed by atoms with Crippen LogP contribution in [0.5, 0.6) is 0 Å². The van der Waals surface area contributed by atoms with Crippen molar-refractivity contribution in [1.82, 2.24) is 14.2 Å². The number of allylic oxidation sites excluding steroid dienone is 1. The number of nitrogens with one attached hydrogen (secondary N) is 1. The Hall–Kier alpha value is -2.24. The second kappa shape index (κ2) is 7.17. The highest BCUT2D eigenvalue weighted by Gasteiger charge is 2.28. The van der Waals surface area contributed by atoms with Crippen LogP contribution in [-0.2, 0) is 21.5 Å². The highest BCUT2D eigenvalue weighted by Crippen LogP contribution is 2.37. The van der Waals surface area contributed by atoms with Crippen molar-refractivity contribution in [1.29, 1.82) is 0 Å². The minimum Gasteiger partial charge on any atom is -0.311 e. The molecule has 0 radical (unpaired) electrons. The lowest BCUT2D eigenvalue weighted by molar-refractivity contribution is -0.115. The van der Waals surface area contributed by atoms with Gasteiger partial charge in [0, 0.05) is 22.4 Å². The Morgan fingerprint density at radius 1 is 1.42 bits per heavy atom. The molecule has 0 bridgehead atoms. The number of hydrogen-bond acceptors (Lipinski definition) is 5. The van der Waals surface area contributed by atoms with Crippen molar-refractivity contribution in [2.24, 2.45) is 0 Å². The Kier molecular flexibility index (Phi) is 5.12. The maximum absolute atomic E-state index is 12.5. The van der Waals surface area contributed by atoms with Crippen LogP contribution in [0.1, 0.15) is 62.2 Å². The summed E-state index contributed by atoms with van der Waals surface area (Å²) in [6, 6.07) is 3.88. The fourth-order valence-electron chi connectivity index (χ4n) is 3.24. The zero-order valence-corrected chi connectivity index (χ0v) is 16.4. The minimum absolute atomic E-state index is 0.0782. The van der Waals surface area contributed by atoms with Crippen LogP contribution in [0.15, 0.2) is 17.7 Å². The van der Waals surface area contributed by atoms with E-state index in [2.05, 4.69) is 30.5 Å². The molecule has 1 fully saturated rings. The second-order valence-corrected chi connectivity index (χ2v) is 8.73. The van der Waals surface area contributed by atoms with E-state index in [0.29, 0.717) is 18.7 Å². The number of rotatable bonds is 4. The summed E-state index contributed by atoms with van der Waals surface area (Å²) in [5.41, 5.74) is 2.42. The number of nitrogens with zero attached hydrogens (tertiary/aromatic N) is 3. The fraction of sp³-hybridized carbons (Fsp3) is 0.526. The topological polar surface area (TPSA) is 76.9 Å². The predicted molar refractivity (Wildman–Crippen MR) is 102 cm³/mol. The molecule has 0 spiro atoms. The van der Waals surface area contributed by atoms with Crippen molar-refractivity contribution in [2.75, 3.05) is 5.32 Å². The average molecular weight is 372 g/mol. The van der Waals surface area contributed by atoms with E-state index >= 15 is 0 Å². The summed E-state index contributed by atoms with van der Waals surface area (Å²) in [5, 5.41) is 7.75. The lowest BCUT2D eigenvalue weighted by Gasteiger charge is -2.22. The largest absolute Gasteiger partial charge is 0.311 e. The van der Waals surface area contributed by atoms with E-state index in [4.69, 9.17) is 5.10 Å². The Balaban J connectivity index is 1.81. The average Bonchev–Trinajstić information content (AvgIpc) is 3.25. The number of amides is 1. The minimum atomic E-state index is -0.260. The quantitative estimate of drug-likeness (QED) is 0.832. The van der Waals surface area contributed by atoms with Crippen molar-refractivity contribution in [3.8, 4) is 0 Å². The zero-order valence-electron chi connectivity index (χ0n) is 15.6. The van der Waals surface area contributed by atoms with Gasteiger partial charge in [-0.15, -0.1) is 0 Å². The van der Waals surface area contributed by atoms with Crippen molar-refractivity contribution in [2.45, 2.75) is 64.8 Å². The van der Waals surface area contributed by atoms with Crippen LogP contribution < -0.4 is 5.32 Å². The second-order valence-electron chi connectivity index (χ2n) is 7.84. The molecular formula is C19H24N4O2S. The highest BCUT2D eigenvalue weighted by molar-refractivity contribution is 7.05. The molecule has 1 saturated carbocycles. The summed E-state index contributed by atoms with van der Waals surface area (Å²) >= 11 is 1.35. The Morgan fingerprint density at radius 2 is 2.19 bits per heavy atom. The third-order valence-electron chi connectivity index (χ3n) is 4.49. The van der Waals surface area contributed by atoms with E-state index in [-0.39, 0.29) is 17.4 Å². The predicted octanol–water partition coefficient (Wildman–Crippen LogP) is 3.61. The molecule has 1 N–H and O–H groups in total. The van der Waals surface area contributed by atoms with E-state index in [1.807, 2.05) is 29.7 Å². The molecule has 3 rings (SSSR count). The molecule has 1 amide bonds. The van der Waals surface area contributed by atoms with Gasteiger partial charge in [-0.05, 0) is 64.6 Å². The molecule has 138 valence electrons. The van der Waals surface area contributed by atoms with Crippen molar-refractivity contribution in [3.05, 3.63) is 34.0 Å². The normalized spacial score (nSPS) is 17.4. The first-order valence-corrected chi connectivity index (χ1v) is 9.59. The molecule has 2 aromatic heterocycles. The standard InChI is InChI=1S/C19H24N4O2S/c1-12-7-15(26-22-12)9-18(25)20-17-10-16(21-23(17)19(2,3)4)14-6-5-13(8-14)11-24/h7,10,14H,5-6,8-9H2,1-4H3,(H,20,25). The maximum atomic E-state index is 12.5. The Bertz CT molecular complexity index is 868. The Morgan fingerprint density at radius 3 is 2.77 bits per heavy atom. The number of aryl methyl sites for hydroxylation is 1. The lowest BCUT2D eigenvalue weighted by Crippen LogP contribution is -2.27. The van der Waals surface area contributed by atoms with Crippen LogP contribution in [0.25, 0.3) is 0 Å². The molecule has 26 heavy (non-hydrogen) atoms. The molecular weight excluding hydrogens is 348 g/mol. The number of aromatic nitrogens is 3. The van der Waals surface area contributed by atoms with Gasteiger partial charge in [-0.25, -0.2) is 9.48 Å². The molecule has 2 aromatic rings. The van der Waals surface area contributed by atoms with Gasteiger partial charge in [0.25, 0.3) is 0 Å². The van der Waals surface area contributed by atoms with Gasteiger partial charge in [-0.2, -0.15) is 9.47 Å². The third kappa shape index (κ3) is 4.11. The molecule has 2 heterocycles. The zero-order chi connectivity index (χ0) is 18.9. The van der Waals surface area contributed by atoms with E-state index in [9.17, 15) is 9.59 Å². The summed E-state index contributed by atoms with van der Waals surface area (Å²) in [5.74, 6) is 2.87. The van der Waals surface area contributed by atoms with Crippen LogP contribution >= 0.6 is 11.5 Å². The molecule has 0 saturated heterocycles. The number of anilines is 1. The molecule has 1 aliphatic carbocycles. The summed E-state index contributed by atoms with van der Waals surface area (Å²) in [6.45, 7) is 8.08. The molecule has 1 atom stereocenters. The summed E-state index contributed by atoms with van der Waals surface area (Å²) in [6.07, 6.45) is 2.69. The van der Waals surface area contributed by atoms with Crippen LogP contribution in [0.3, 0.4) is 0 Å². The molecule has 7 heteroatoms. The van der Waals surface area contributed by atoms with Gasteiger partial charge in [0.15, 0.2) is 0 Å². The summed E-state index contributed by atoms with van der Waals surface area (Å²) in [4.78, 5) is 24.3. The first kappa shape index (κ1) is 18.5. The van der Waals surface area contributed by atoms with Gasteiger partial charge in [0.05, 0.1) is 23.3 Å². The molecule has 1 unspecified atom stereocenters. The van der Waals surface area contributed by atoms with Crippen molar-refractivity contribution < 1.29 is 9.59 Å².